The fraction of sp³-hybridized carbons (Fsp3) is 0.304. The molecule has 0 radical (unpaired) electrons. The number of nitrogen functional groups attached to an aromatic ring is 1. The van der Waals surface area contributed by atoms with Gasteiger partial charge in [-0.15, -0.1) is 0 Å². The highest BCUT2D eigenvalue weighted by atomic mass is 32.2. The number of benzene rings is 1. The van der Waals surface area contributed by atoms with Crippen LogP contribution in [0.15, 0.2) is 53.1 Å². The van der Waals surface area contributed by atoms with Crippen molar-refractivity contribution in [3.63, 3.8) is 0 Å². The summed E-state index contributed by atoms with van der Waals surface area (Å²) in [6.07, 6.45) is 1.56. The topological polar surface area (TPSA) is 151 Å². The van der Waals surface area contributed by atoms with Gasteiger partial charge in [0.05, 0.1) is 12.9 Å². The van der Waals surface area contributed by atoms with E-state index in [4.69, 9.17) is 20.3 Å². The molecule has 11 heteroatoms. The molecule has 184 valence electrons. The predicted molar refractivity (Wildman–Crippen MR) is 132 cm³/mol. The van der Waals surface area contributed by atoms with Crippen molar-refractivity contribution >= 4 is 27.6 Å². The van der Waals surface area contributed by atoms with Crippen LogP contribution in [0.25, 0.3) is 0 Å². The molecule has 1 aromatic carbocycles. The summed E-state index contributed by atoms with van der Waals surface area (Å²) in [5.74, 6) is -0.0111. The van der Waals surface area contributed by atoms with E-state index in [2.05, 4.69) is 10.0 Å². The number of amides is 1. The lowest BCUT2D eigenvalue weighted by Gasteiger charge is -2.21. The van der Waals surface area contributed by atoms with Gasteiger partial charge in [0.1, 0.15) is 17.6 Å². The molecule has 0 spiro atoms. The van der Waals surface area contributed by atoms with Gasteiger partial charge in [0.2, 0.25) is 0 Å². The number of rotatable bonds is 9. The maximum absolute atomic E-state index is 13.2. The number of hydrogen-bond acceptors (Lipinski definition) is 7. The first-order valence-corrected chi connectivity index (χ1v) is 11.9. The minimum Gasteiger partial charge on any atom is -0.490 e. The Kier molecular flexibility index (Phi) is 9.04. The quantitative estimate of drug-likeness (QED) is 0.312. The minimum atomic E-state index is -4.04. The number of carbonyl (C=O) groups excluding carboxylic acids is 1. The van der Waals surface area contributed by atoms with Crippen LogP contribution >= 0.6 is 0 Å². The smallest absolute Gasteiger partial charge is 0.303 e. The molecule has 1 amide bonds. The first kappa shape index (κ1) is 26.7. The zero-order chi connectivity index (χ0) is 25.5. The second-order valence-electron chi connectivity index (χ2n) is 7.63. The molecule has 2 aromatic rings. The molecule has 0 fully saturated rings. The number of carbonyl (C=O) groups is 1. The molecule has 0 saturated heterocycles. The van der Waals surface area contributed by atoms with Gasteiger partial charge in [-0.25, -0.2) is 4.72 Å². The molecular formula is C23H31N5O5S. The number of hydrogen-bond donors (Lipinski definition) is 4. The van der Waals surface area contributed by atoms with Crippen LogP contribution in [0.3, 0.4) is 0 Å². The Labute approximate surface area is 200 Å². The van der Waals surface area contributed by atoms with Gasteiger partial charge in [-0.05, 0) is 62.2 Å². The monoisotopic (exact) mass is 489 g/mol. The zero-order valence-electron chi connectivity index (χ0n) is 19.9. The highest BCUT2D eigenvalue weighted by Gasteiger charge is 2.26. The van der Waals surface area contributed by atoms with Crippen molar-refractivity contribution < 1.29 is 22.4 Å². The van der Waals surface area contributed by atoms with Gasteiger partial charge in [-0.2, -0.15) is 12.7 Å². The summed E-state index contributed by atoms with van der Waals surface area (Å²) in [7, 11) is -1.40. The van der Waals surface area contributed by atoms with E-state index >= 15 is 0 Å². The van der Waals surface area contributed by atoms with E-state index < -0.39 is 22.2 Å². The third kappa shape index (κ3) is 7.22. The zero-order valence-corrected chi connectivity index (χ0v) is 20.7. The fourth-order valence-corrected chi connectivity index (χ4v) is 3.33. The summed E-state index contributed by atoms with van der Waals surface area (Å²) in [5, 5.41) is 10.6. The Morgan fingerprint density at radius 2 is 1.82 bits per heavy atom. The van der Waals surface area contributed by atoms with Gasteiger partial charge in [0.15, 0.2) is 5.75 Å². The predicted octanol–water partition coefficient (Wildman–Crippen LogP) is 2.78. The highest BCUT2D eigenvalue weighted by Crippen LogP contribution is 2.25. The summed E-state index contributed by atoms with van der Waals surface area (Å²) in [5.41, 5.74) is 7.75. The van der Waals surface area contributed by atoms with E-state index in [-0.39, 0.29) is 5.84 Å². The molecule has 0 saturated carbocycles. The fourth-order valence-electron chi connectivity index (χ4n) is 2.78. The van der Waals surface area contributed by atoms with E-state index in [9.17, 15) is 13.2 Å². The standard InChI is InChI=1S/C23H31N5O5S/c1-6-32-20-13-18(8-7-15(2)14-33-16(20)3)21(23(29)27-34(30,31)28(4)5)26-19-11-9-17(10-12-19)22(24)25/h7-14,21,26H,6H2,1-5H3,(H3,24,25)(H,27,29). The Hall–Kier alpha value is -3.57. The third-order valence-electron chi connectivity index (χ3n) is 4.72. The van der Waals surface area contributed by atoms with Gasteiger partial charge in [-0.1, -0.05) is 12.1 Å². The molecular weight excluding hydrogens is 458 g/mol. The van der Waals surface area contributed by atoms with E-state index in [1.165, 1.54) is 14.1 Å². The normalized spacial score (nSPS) is 11.9. The van der Waals surface area contributed by atoms with Crippen molar-refractivity contribution in [3.05, 3.63) is 71.2 Å². The van der Waals surface area contributed by atoms with Crippen LogP contribution in [-0.2, 0) is 15.0 Å². The van der Waals surface area contributed by atoms with Crippen LogP contribution in [0.5, 0.6) is 5.75 Å². The maximum atomic E-state index is 13.2. The molecule has 1 aromatic heterocycles. The number of amidine groups is 1. The van der Waals surface area contributed by atoms with Crippen molar-refractivity contribution in [2.24, 2.45) is 5.73 Å². The van der Waals surface area contributed by atoms with Crippen LogP contribution in [0, 0.1) is 19.3 Å². The van der Waals surface area contributed by atoms with Crippen LogP contribution < -0.4 is 20.5 Å². The first-order chi connectivity index (χ1) is 15.9. The summed E-state index contributed by atoms with van der Waals surface area (Å²) in [4.78, 5) is 13.2. The molecule has 2 rings (SSSR count). The average Bonchev–Trinajstić information content (AvgIpc) is 2.83. The first-order valence-electron chi connectivity index (χ1n) is 10.5. The van der Waals surface area contributed by atoms with E-state index in [0.29, 0.717) is 34.9 Å². The van der Waals surface area contributed by atoms with Crippen molar-refractivity contribution in [2.75, 3.05) is 26.0 Å². The summed E-state index contributed by atoms with van der Waals surface area (Å²) in [6.45, 7) is 5.73. The molecule has 1 unspecified atom stereocenters. The average molecular weight is 490 g/mol. The Morgan fingerprint density at radius 3 is 2.38 bits per heavy atom. The van der Waals surface area contributed by atoms with Crippen LogP contribution in [0.1, 0.15) is 35.4 Å². The number of nitrogens with one attached hydrogen (secondary N) is 3. The van der Waals surface area contributed by atoms with E-state index in [0.717, 1.165) is 9.87 Å². The molecule has 0 aliphatic rings. The van der Waals surface area contributed by atoms with Crippen molar-refractivity contribution in [1.82, 2.24) is 9.03 Å². The minimum absolute atomic E-state index is 0.0935. The lowest BCUT2D eigenvalue weighted by Crippen LogP contribution is -2.43. The second-order valence-corrected chi connectivity index (χ2v) is 9.52. The molecule has 5 N–H and O–H groups in total. The SMILES string of the molecule is CCOc1cc(C(Nc2ccc(C(=N)N)cc2)C(=O)NS(=O)(=O)N(C)C)ccc(C)coc1C. The summed E-state index contributed by atoms with van der Waals surface area (Å²) in [6, 6.07) is 10.5. The lowest BCUT2D eigenvalue weighted by atomic mass is 10.1. The Balaban J connectivity index is 2.66. The molecule has 1 atom stereocenters. The van der Waals surface area contributed by atoms with Crippen LogP contribution in [0.2, 0.25) is 0 Å². The van der Waals surface area contributed by atoms with Gasteiger partial charge >= 0.3 is 10.2 Å². The van der Waals surface area contributed by atoms with Crippen LogP contribution in [0.4, 0.5) is 5.69 Å². The summed E-state index contributed by atoms with van der Waals surface area (Å²) < 4.78 is 39.1. The maximum Gasteiger partial charge on any atom is 0.303 e. The van der Waals surface area contributed by atoms with E-state index in [1.54, 1.807) is 55.7 Å². The van der Waals surface area contributed by atoms with Gasteiger partial charge in [-0.3, -0.25) is 10.2 Å². The van der Waals surface area contributed by atoms with Crippen molar-refractivity contribution in [1.29, 1.82) is 5.41 Å². The number of anilines is 1. The Morgan fingerprint density at radius 1 is 1.18 bits per heavy atom. The molecule has 0 aliphatic heterocycles. The van der Waals surface area contributed by atoms with Gasteiger partial charge in [0, 0.05) is 25.3 Å². The molecule has 0 aliphatic carbocycles. The van der Waals surface area contributed by atoms with Crippen molar-refractivity contribution in [2.45, 2.75) is 26.8 Å². The number of nitrogens with zero attached hydrogens (tertiary/aromatic N) is 1. The second kappa shape index (κ2) is 11.5. The number of aryl methyl sites for hydroxylation is 2. The van der Waals surface area contributed by atoms with Gasteiger partial charge < -0.3 is 20.2 Å². The summed E-state index contributed by atoms with van der Waals surface area (Å²) >= 11 is 0. The highest BCUT2D eigenvalue weighted by molar-refractivity contribution is 7.87. The number of nitrogens with two attached hydrogens (primary N) is 1. The Bertz CT molecular complexity index is 1190. The molecule has 10 nitrogen and oxygen atoms in total. The third-order valence-corrected chi connectivity index (χ3v) is 6.14. The van der Waals surface area contributed by atoms with Crippen molar-refractivity contribution in [3.8, 4) is 5.75 Å². The molecule has 0 bridgehead atoms. The largest absolute Gasteiger partial charge is 0.490 e. The molecule has 34 heavy (non-hydrogen) atoms. The molecule has 1 heterocycles. The van der Waals surface area contributed by atoms with E-state index in [1.807, 2.05) is 13.8 Å². The van der Waals surface area contributed by atoms with Crippen LogP contribution in [-0.4, -0.2) is 45.2 Å². The van der Waals surface area contributed by atoms with Gasteiger partial charge in [0.25, 0.3) is 5.91 Å². The number of ether oxygens (including phenoxy) is 1. The lowest BCUT2D eigenvalue weighted by molar-refractivity contribution is -0.120.